The fraction of sp³-hybridized carbons (Fsp3) is 0.0833. The first-order valence-corrected chi connectivity index (χ1v) is 6.68. The first-order chi connectivity index (χ1) is 8.04. The zero-order valence-electron chi connectivity index (χ0n) is 8.92. The molecule has 2 N–H and O–H groups in total. The van der Waals surface area contributed by atoms with Gasteiger partial charge in [-0.25, -0.2) is 4.39 Å². The van der Waals surface area contributed by atoms with Crippen molar-refractivity contribution < 1.29 is 4.39 Å². The van der Waals surface area contributed by atoms with Gasteiger partial charge in [0.25, 0.3) is 0 Å². The number of nitrogens with two attached hydrogens (primary N) is 1. The number of anilines is 1. The van der Waals surface area contributed by atoms with Crippen molar-refractivity contribution in [2.45, 2.75) is 6.92 Å². The minimum absolute atomic E-state index is 0.263. The monoisotopic (exact) mass is 358 g/mol. The maximum Gasteiger partial charge on any atom is 0.128 e. The lowest BCUT2D eigenvalue weighted by molar-refractivity contribution is 0.627. The number of nitrogen functional groups attached to an aromatic ring is 1. The van der Waals surface area contributed by atoms with Crippen molar-refractivity contribution in [1.29, 1.82) is 5.26 Å². The first-order valence-electron chi connectivity index (χ1n) is 4.79. The van der Waals surface area contributed by atoms with Crippen LogP contribution in [-0.2, 0) is 0 Å². The molecule has 86 valence electrons. The van der Waals surface area contributed by atoms with E-state index in [0.29, 0.717) is 10.6 Å². The van der Waals surface area contributed by atoms with Gasteiger partial charge in [-0.1, -0.05) is 0 Å². The highest BCUT2D eigenvalue weighted by Gasteiger charge is 2.15. The van der Waals surface area contributed by atoms with Crippen molar-refractivity contribution in [3.05, 3.63) is 38.0 Å². The molecule has 17 heavy (non-hydrogen) atoms. The number of rotatable bonds is 1. The van der Waals surface area contributed by atoms with Crippen molar-refractivity contribution in [2.75, 3.05) is 5.73 Å². The summed E-state index contributed by atoms with van der Waals surface area (Å²) in [7, 11) is 0. The molecule has 0 radical (unpaired) electrons. The van der Waals surface area contributed by atoms with Gasteiger partial charge in [0.2, 0.25) is 0 Å². The van der Waals surface area contributed by atoms with Gasteiger partial charge in [-0.05, 0) is 53.3 Å². The predicted molar refractivity (Wildman–Crippen MR) is 76.3 cm³/mol. The zero-order chi connectivity index (χ0) is 12.6. The molecule has 0 amide bonds. The Hall–Kier alpha value is -1.13. The maximum absolute atomic E-state index is 13.0. The summed E-state index contributed by atoms with van der Waals surface area (Å²) in [4.78, 5) is 1.45. The number of hydrogen-bond donors (Lipinski definition) is 1. The number of nitrogens with zero attached hydrogens (tertiary/aromatic N) is 1. The second-order valence-electron chi connectivity index (χ2n) is 3.53. The Morgan fingerprint density at radius 1 is 1.47 bits per heavy atom. The van der Waals surface area contributed by atoms with E-state index in [4.69, 9.17) is 11.0 Å². The minimum Gasteiger partial charge on any atom is -0.397 e. The molecule has 0 spiro atoms. The zero-order valence-corrected chi connectivity index (χ0v) is 11.9. The SMILES string of the molecule is Cc1c(-c2ccc(F)cc2I)sc(C#N)c1N. The summed E-state index contributed by atoms with van der Waals surface area (Å²) in [6.07, 6.45) is 0. The van der Waals surface area contributed by atoms with Gasteiger partial charge in [-0.3, -0.25) is 0 Å². The summed E-state index contributed by atoms with van der Waals surface area (Å²) in [6.45, 7) is 1.88. The Balaban J connectivity index is 2.65. The van der Waals surface area contributed by atoms with E-state index in [0.717, 1.165) is 19.6 Å². The average Bonchev–Trinajstić information content (AvgIpc) is 2.57. The lowest BCUT2D eigenvalue weighted by Gasteiger charge is -2.03. The number of halogens is 2. The molecule has 2 nitrogen and oxygen atoms in total. The average molecular weight is 358 g/mol. The molecule has 0 saturated heterocycles. The lowest BCUT2D eigenvalue weighted by Crippen LogP contribution is -1.88. The fourth-order valence-electron chi connectivity index (χ4n) is 1.54. The largest absolute Gasteiger partial charge is 0.397 e. The van der Waals surface area contributed by atoms with Gasteiger partial charge in [0, 0.05) is 14.0 Å². The third-order valence-corrected chi connectivity index (χ3v) is 4.61. The van der Waals surface area contributed by atoms with Gasteiger partial charge < -0.3 is 5.73 Å². The predicted octanol–water partition coefficient (Wildman–Crippen LogP) is 3.92. The van der Waals surface area contributed by atoms with Crippen molar-refractivity contribution in [3.8, 4) is 16.5 Å². The van der Waals surface area contributed by atoms with Crippen LogP contribution in [0.4, 0.5) is 10.1 Å². The summed E-state index contributed by atoms with van der Waals surface area (Å²) in [6, 6.07) is 6.68. The topological polar surface area (TPSA) is 49.8 Å². The van der Waals surface area contributed by atoms with Gasteiger partial charge in [-0.2, -0.15) is 5.26 Å². The highest BCUT2D eigenvalue weighted by molar-refractivity contribution is 14.1. The third-order valence-electron chi connectivity index (χ3n) is 2.47. The number of nitriles is 1. The fourth-order valence-corrected chi connectivity index (χ4v) is 3.53. The van der Waals surface area contributed by atoms with Crippen molar-refractivity contribution in [2.24, 2.45) is 0 Å². The van der Waals surface area contributed by atoms with E-state index in [2.05, 4.69) is 28.7 Å². The molecule has 0 aliphatic heterocycles. The first kappa shape index (κ1) is 12.3. The summed E-state index contributed by atoms with van der Waals surface area (Å²) < 4.78 is 13.9. The van der Waals surface area contributed by atoms with E-state index >= 15 is 0 Å². The molecular formula is C12H8FIN2S. The standard InChI is InChI=1S/C12H8FIN2S/c1-6-11(16)10(5-15)17-12(6)8-3-2-7(13)4-9(8)14/h2-4H,16H2,1H3. The van der Waals surface area contributed by atoms with Gasteiger partial charge in [0.05, 0.1) is 5.69 Å². The van der Waals surface area contributed by atoms with Crippen LogP contribution in [0.2, 0.25) is 0 Å². The van der Waals surface area contributed by atoms with Gasteiger partial charge in [0.1, 0.15) is 16.8 Å². The van der Waals surface area contributed by atoms with Crippen molar-refractivity contribution >= 4 is 39.6 Å². The highest BCUT2D eigenvalue weighted by Crippen LogP contribution is 2.39. The molecule has 0 fully saturated rings. The second kappa shape index (κ2) is 4.63. The van der Waals surface area contributed by atoms with Crippen LogP contribution in [-0.4, -0.2) is 0 Å². The third kappa shape index (κ3) is 2.15. The van der Waals surface area contributed by atoms with Crippen LogP contribution in [0.3, 0.4) is 0 Å². The molecule has 1 aromatic heterocycles. The maximum atomic E-state index is 13.0. The Kier molecular flexibility index (Phi) is 3.35. The van der Waals surface area contributed by atoms with Crippen LogP contribution in [0.25, 0.3) is 10.4 Å². The lowest BCUT2D eigenvalue weighted by atomic mass is 10.1. The molecular weight excluding hydrogens is 350 g/mol. The molecule has 1 heterocycles. The molecule has 0 bridgehead atoms. The Labute approximate surface area is 116 Å². The van der Waals surface area contributed by atoms with Crippen LogP contribution in [0, 0.1) is 27.6 Å². The van der Waals surface area contributed by atoms with E-state index in [1.807, 2.05) is 6.92 Å². The summed E-state index contributed by atoms with van der Waals surface area (Å²) in [5.41, 5.74) is 8.17. The van der Waals surface area contributed by atoms with E-state index in [-0.39, 0.29) is 5.82 Å². The number of thiophene rings is 1. The van der Waals surface area contributed by atoms with Crippen LogP contribution in [0.5, 0.6) is 0 Å². The van der Waals surface area contributed by atoms with E-state index in [9.17, 15) is 4.39 Å². The second-order valence-corrected chi connectivity index (χ2v) is 5.72. The van der Waals surface area contributed by atoms with Crippen LogP contribution in [0.1, 0.15) is 10.4 Å². The van der Waals surface area contributed by atoms with Crippen LogP contribution in [0.15, 0.2) is 18.2 Å². The van der Waals surface area contributed by atoms with Gasteiger partial charge >= 0.3 is 0 Å². The smallest absolute Gasteiger partial charge is 0.128 e. The van der Waals surface area contributed by atoms with Gasteiger partial charge in [-0.15, -0.1) is 11.3 Å². The number of benzene rings is 1. The molecule has 2 rings (SSSR count). The molecule has 1 aromatic carbocycles. The van der Waals surface area contributed by atoms with Crippen LogP contribution >= 0.6 is 33.9 Å². The Bertz CT molecular complexity index is 628. The van der Waals surface area contributed by atoms with E-state index < -0.39 is 0 Å². The molecule has 0 atom stereocenters. The van der Waals surface area contributed by atoms with Crippen molar-refractivity contribution in [3.63, 3.8) is 0 Å². The number of hydrogen-bond acceptors (Lipinski definition) is 3. The molecule has 0 aliphatic carbocycles. The summed E-state index contributed by atoms with van der Waals surface area (Å²) >= 11 is 3.43. The van der Waals surface area contributed by atoms with E-state index in [1.54, 1.807) is 6.07 Å². The van der Waals surface area contributed by atoms with Crippen molar-refractivity contribution in [1.82, 2.24) is 0 Å². The minimum atomic E-state index is -0.263. The highest BCUT2D eigenvalue weighted by atomic mass is 127. The molecule has 5 heteroatoms. The Morgan fingerprint density at radius 3 is 2.71 bits per heavy atom. The molecule has 2 aromatic rings. The summed E-state index contributed by atoms with van der Waals surface area (Å²) in [5.74, 6) is -0.263. The van der Waals surface area contributed by atoms with Crippen LogP contribution < -0.4 is 5.73 Å². The molecule has 0 aliphatic rings. The summed E-state index contributed by atoms with van der Waals surface area (Å²) in [5, 5.41) is 8.94. The normalized spacial score (nSPS) is 10.2. The quantitative estimate of drug-likeness (QED) is 0.786. The van der Waals surface area contributed by atoms with E-state index in [1.165, 1.54) is 23.5 Å². The molecule has 0 unspecified atom stereocenters. The Morgan fingerprint density at radius 2 is 2.18 bits per heavy atom. The van der Waals surface area contributed by atoms with Gasteiger partial charge in [0.15, 0.2) is 0 Å². The molecule has 0 saturated carbocycles.